The molecule has 246 valence electrons. The van der Waals surface area contributed by atoms with E-state index >= 15 is 0 Å². The minimum Gasteiger partial charge on any atom is -0.492 e. The molecule has 5 aromatic rings. The number of fused-ring (bicyclic) bond motifs is 1. The van der Waals surface area contributed by atoms with Crippen LogP contribution in [0.1, 0.15) is 36.6 Å². The summed E-state index contributed by atoms with van der Waals surface area (Å²) >= 11 is 24.1. The average molecular weight is 786 g/mol. The number of carbonyl (C=O) groups is 1. The van der Waals surface area contributed by atoms with Crippen molar-refractivity contribution in [2.75, 3.05) is 17.2 Å². The van der Waals surface area contributed by atoms with Gasteiger partial charge in [0.15, 0.2) is 0 Å². The summed E-state index contributed by atoms with van der Waals surface area (Å²) in [5.41, 5.74) is 4.00. The van der Waals surface area contributed by atoms with Gasteiger partial charge in [0.1, 0.15) is 24.1 Å². The van der Waals surface area contributed by atoms with E-state index in [1.807, 2.05) is 80.6 Å². The molecule has 0 saturated heterocycles. The second kappa shape index (κ2) is 15.3. The van der Waals surface area contributed by atoms with Crippen molar-refractivity contribution in [3.05, 3.63) is 132 Å². The van der Waals surface area contributed by atoms with Gasteiger partial charge in [-0.15, -0.1) is 5.10 Å². The smallest absolute Gasteiger partial charge is 0.255 e. The van der Waals surface area contributed by atoms with Crippen LogP contribution >= 0.6 is 62.5 Å². The maximum absolute atomic E-state index is 14.3. The molecule has 0 spiro atoms. The zero-order chi connectivity index (χ0) is 33.8. The normalized spacial score (nSPS) is 13.9. The highest BCUT2D eigenvalue weighted by atomic mass is 79.9. The fourth-order valence-corrected chi connectivity index (χ4v) is 7.19. The molecule has 2 N–H and O–H groups in total. The number of thioether (sulfide) groups is 1. The first kappa shape index (κ1) is 34.2. The highest BCUT2D eigenvalue weighted by Gasteiger charge is 2.36. The van der Waals surface area contributed by atoms with Gasteiger partial charge >= 0.3 is 0 Å². The Morgan fingerprint density at radius 1 is 0.958 bits per heavy atom. The molecule has 8 nitrogen and oxygen atoms in total. The molecule has 1 atom stereocenters. The Balaban J connectivity index is 1.40. The number of hydrogen-bond donors (Lipinski definition) is 2. The zero-order valence-electron chi connectivity index (χ0n) is 25.8. The number of para-hydroxylation sites is 2. The minimum atomic E-state index is -0.726. The first-order chi connectivity index (χ1) is 23.2. The van der Waals surface area contributed by atoms with Crippen LogP contribution in [0.3, 0.4) is 0 Å². The van der Waals surface area contributed by atoms with Crippen LogP contribution in [-0.4, -0.2) is 27.3 Å². The molecule has 0 radical (unpaired) electrons. The van der Waals surface area contributed by atoms with Gasteiger partial charge in [-0.05, 0) is 67.9 Å². The van der Waals surface area contributed by atoms with Crippen molar-refractivity contribution >= 4 is 80.0 Å². The molecule has 13 heteroatoms. The molecular weight excluding hydrogens is 757 g/mol. The number of benzene rings is 4. The minimum absolute atomic E-state index is 0.171. The SMILES string of the molecule is CCOc1ccccc1NC(=O)C1=C(C)Nc2nc(SCc3ccccc3Cl)nn2C1c1cc(Br)ccc1OCc1ccc(Cl)cc1Cl. The molecule has 2 heterocycles. The number of aromatic nitrogens is 3. The van der Waals surface area contributed by atoms with Crippen molar-refractivity contribution in [2.45, 2.75) is 37.4 Å². The quantitative estimate of drug-likeness (QED) is 0.129. The lowest BCUT2D eigenvalue weighted by Gasteiger charge is -2.30. The first-order valence-corrected chi connectivity index (χ1v) is 17.8. The third kappa shape index (κ3) is 7.63. The second-order valence-electron chi connectivity index (χ2n) is 10.7. The molecule has 1 aliphatic heterocycles. The Labute approximate surface area is 305 Å². The number of hydrogen-bond acceptors (Lipinski definition) is 7. The summed E-state index contributed by atoms with van der Waals surface area (Å²) in [4.78, 5) is 19.1. The van der Waals surface area contributed by atoms with Crippen molar-refractivity contribution in [3.63, 3.8) is 0 Å². The summed E-state index contributed by atoms with van der Waals surface area (Å²) in [5.74, 6) is 1.82. The number of anilines is 2. The molecule has 0 fully saturated rings. The first-order valence-electron chi connectivity index (χ1n) is 14.9. The maximum Gasteiger partial charge on any atom is 0.255 e. The summed E-state index contributed by atoms with van der Waals surface area (Å²) in [7, 11) is 0. The lowest BCUT2D eigenvalue weighted by Crippen LogP contribution is -2.32. The summed E-state index contributed by atoms with van der Waals surface area (Å²) in [6.45, 7) is 4.36. The van der Waals surface area contributed by atoms with Crippen molar-refractivity contribution in [1.29, 1.82) is 0 Å². The molecule has 1 unspecified atom stereocenters. The van der Waals surface area contributed by atoms with E-state index in [0.29, 0.717) is 72.6 Å². The van der Waals surface area contributed by atoms with Crippen LogP contribution in [0.4, 0.5) is 11.6 Å². The number of ether oxygens (including phenoxy) is 2. The predicted molar refractivity (Wildman–Crippen MR) is 197 cm³/mol. The van der Waals surface area contributed by atoms with E-state index in [4.69, 9.17) is 54.4 Å². The van der Waals surface area contributed by atoms with Gasteiger partial charge in [-0.2, -0.15) is 4.98 Å². The molecule has 48 heavy (non-hydrogen) atoms. The fraction of sp³-hybridized carbons (Fsp3) is 0.171. The lowest BCUT2D eigenvalue weighted by molar-refractivity contribution is -0.113. The zero-order valence-corrected chi connectivity index (χ0v) is 30.4. The van der Waals surface area contributed by atoms with E-state index in [2.05, 4.69) is 26.6 Å². The Hall–Kier alpha value is -3.67. The van der Waals surface area contributed by atoms with Gasteiger partial charge in [-0.3, -0.25) is 4.79 Å². The van der Waals surface area contributed by atoms with Gasteiger partial charge in [-0.1, -0.05) is 98.9 Å². The predicted octanol–water partition coefficient (Wildman–Crippen LogP) is 10.2. The van der Waals surface area contributed by atoms with Crippen LogP contribution in [0.2, 0.25) is 15.1 Å². The number of rotatable bonds is 11. The molecule has 0 bridgehead atoms. The number of nitrogens with zero attached hydrogens (tertiary/aromatic N) is 3. The van der Waals surface area contributed by atoms with Crippen molar-refractivity contribution in [2.24, 2.45) is 0 Å². The van der Waals surface area contributed by atoms with Gasteiger partial charge in [0.2, 0.25) is 11.1 Å². The monoisotopic (exact) mass is 783 g/mol. The van der Waals surface area contributed by atoms with E-state index in [-0.39, 0.29) is 12.5 Å². The molecule has 6 rings (SSSR count). The fourth-order valence-electron chi connectivity index (χ4n) is 5.23. The summed E-state index contributed by atoms with van der Waals surface area (Å²) in [6, 6.07) is 25.2. The van der Waals surface area contributed by atoms with Crippen molar-refractivity contribution < 1.29 is 14.3 Å². The average Bonchev–Trinajstić information content (AvgIpc) is 3.47. The van der Waals surface area contributed by atoms with Crippen LogP contribution in [0, 0.1) is 0 Å². The standard InChI is InChI=1S/C35H29BrCl3N5O3S/c1-3-46-30-11-7-6-10-28(30)41-33(45)31-20(2)40-34-42-35(48-19-22-8-4-5-9-26(22)38)43-44(34)32(31)25-16-23(36)13-15-29(25)47-18-21-12-14-24(37)17-27(21)39/h4-17,32H,3,18-19H2,1-2H3,(H,41,45)(H,40,42,43). The molecule has 1 aromatic heterocycles. The van der Waals surface area contributed by atoms with E-state index in [0.717, 1.165) is 15.6 Å². The van der Waals surface area contributed by atoms with Crippen LogP contribution in [-0.2, 0) is 17.2 Å². The highest BCUT2D eigenvalue weighted by molar-refractivity contribution is 9.10. The number of halogens is 4. The van der Waals surface area contributed by atoms with E-state index in [9.17, 15) is 4.79 Å². The molecule has 1 aliphatic rings. The number of carbonyl (C=O) groups excluding carboxylic acids is 1. The molecule has 0 aliphatic carbocycles. The Morgan fingerprint density at radius 2 is 1.75 bits per heavy atom. The Kier molecular flexibility index (Phi) is 10.9. The van der Waals surface area contributed by atoms with Crippen LogP contribution < -0.4 is 20.1 Å². The summed E-state index contributed by atoms with van der Waals surface area (Å²) < 4.78 is 14.7. The summed E-state index contributed by atoms with van der Waals surface area (Å²) in [6.07, 6.45) is 0. The third-order valence-electron chi connectivity index (χ3n) is 7.49. The number of amides is 1. The van der Waals surface area contributed by atoms with Crippen LogP contribution in [0.15, 0.2) is 106 Å². The maximum atomic E-state index is 14.3. The summed E-state index contributed by atoms with van der Waals surface area (Å²) in [5, 5.41) is 13.5. The van der Waals surface area contributed by atoms with Gasteiger partial charge in [0, 0.05) is 42.1 Å². The van der Waals surface area contributed by atoms with Crippen molar-refractivity contribution in [3.8, 4) is 11.5 Å². The largest absolute Gasteiger partial charge is 0.492 e. The van der Waals surface area contributed by atoms with Gasteiger partial charge in [-0.25, -0.2) is 4.68 Å². The van der Waals surface area contributed by atoms with Gasteiger partial charge in [0.05, 0.1) is 17.9 Å². The van der Waals surface area contributed by atoms with Crippen LogP contribution in [0.25, 0.3) is 0 Å². The Morgan fingerprint density at radius 3 is 2.54 bits per heavy atom. The third-order valence-corrected chi connectivity index (χ3v) is 9.83. The van der Waals surface area contributed by atoms with Crippen LogP contribution in [0.5, 0.6) is 11.5 Å². The van der Waals surface area contributed by atoms with E-state index in [1.54, 1.807) is 22.9 Å². The number of nitrogens with one attached hydrogen (secondary N) is 2. The second-order valence-corrected chi connectivity index (χ2v) is 13.8. The van der Waals surface area contributed by atoms with Crippen molar-refractivity contribution in [1.82, 2.24) is 14.8 Å². The highest BCUT2D eigenvalue weighted by Crippen LogP contribution is 2.42. The lowest BCUT2D eigenvalue weighted by atomic mass is 9.94. The molecular formula is C35H29BrCl3N5O3S. The van der Waals surface area contributed by atoms with Gasteiger partial charge < -0.3 is 20.1 Å². The van der Waals surface area contributed by atoms with Gasteiger partial charge in [0.25, 0.3) is 5.91 Å². The molecule has 0 saturated carbocycles. The Bertz CT molecular complexity index is 2020. The molecule has 1 amide bonds. The topological polar surface area (TPSA) is 90.3 Å². The van der Waals surface area contributed by atoms with E-state index in [1.165, 1.54) is 11.8 Å². The van der Waals surface area contributed by atoms with E-state index < -0.39 is 6.04 Å². The number of allylic oxidation sites excluding steroid dienone is 1. The molecule has 4 aromatic carbocycles.